The molecule has 82 valence electrons. The van der Waals surface area contributed by atoms with Crippen molar-refractivity contribution in [3.05, 3.63) is 29.8 Å². The monoisotopic (exact) mass is 207 g/mol. The van der Waals surface area contributed by atoms with Gasteiger partial charge in [-0.2, -0.15) is 0 Å². The van der Waals surface area contributed by atoms with E-state index in [1.807, 2.05) is 12.1 Å². The molecule has 0 aliphatic rings. The van der Waals surface area contributed by atoms with E-state index in [9.17, 15) is 4.79 Å². The second-order valence-corrected chi connectivity index (χ2v) is 3.38. The Balaban J connectivity index is 2.22. The molecule has 0 atom stereocenters. The maximum Gasteiger partial charge on any atom is 0.207 e. The minimum absolute atomic E-state index is 0.743. The largest absolute Gasteiger partial charge is 0.497 e. The van der Waals surface area contributed by atoms with Gasteiger partial charge in [0.2, 0.25) is 6.41 Å². The zero-order chi connectivity index (χ0) is 10.9. The van der Waals surface area contributed by atoms with Gasteiger partial charge in [-0.25, -0.2) is 0 Å². The SMILES string of the molecule is COc1ccc(CCCCNC=O)cc1. The summed E-state index contributed by atoms with van der Waals surface area (Å²) in [6.45, 7) is 0.764. The van der Waals surface area contributed by atoms with E-state index in [1.54, 1.807) is 7.11 Å². The van der Waals surface area contributed by atoms with Crippen LogP contribution in [0.25, 0.3) is 0 Å². The lowest BCUT2D eigenvalue weighted by Crippen LogP contribution is -2.11. The first-order valence-corrected chi connectivity index (χ1v) is 5.17. The number of hydrogen-bond donors (Lipinski definition) is 1. The number of ether oxygens (including phenoxy) is 1. The molecule has 0 aliphatic carbocycles. The molecule has 0 saturated carbocycles. The number of benzene rings is 1. The predicted molar refractivity (Wildman–Crippen MR) is 60.0 cm³/mol. The Hall–Kier alpha value is -1.51. The van der Waals surface area contributed by atoms with E-state index < -0.39 is 0 Å². The van der Waals surface area contributed by atoms with E-state index in [0.717, 1.165) is 38.0 Å². The molecule has 0 spiro atoms. The molecule has 0 radical (unpaired) electrons. The summed E-state index contributed by atoms with van der Waals surface area (Å²) in [4.78, 5) is 9.98. The minimum atomic E-state index is 0.743. The van der Waals surface area contributed by atoms with Gasteiger partial charge in [0, 0.05) is 6.54 Å². The van der Waals surface area contributed by atoms with Crippen LogP contribution < -0.4 is 10.1 Å². The Morgan fingerprint density at radius 1 is 1.27 bits per heavy atom. The topological polar surface area (TPSA) is 38.3 Å². The Labute approximate surface area is 90.4 Å². The summed E-state index contributed by atoms with van der Waals surface area (Å²) < 4.78 is 5.08. The number of aryl methyl sites for hydroxylation is 1. The maximum absolute atomic E-state index is 9.98. The van der Waals surface area contributed by atoms with Crippen molar-refractivity contribution in [2.75, 3.05) is 13.7 Å². The predicted octanol–water partition coefficient (Wildman–Crippen LogP) is 1.76. The molecule has 1 rings (SSSR count). The van der Waals surface area contributed by atoms with Crippen LogP contribution in [0.1, 0.15) is 18.4 Å². The van der Waals surface area contributed by atoms with Crippen molar-refractivity contribution in [3.63, 3.8) is 0 Å². The Kier molecular flexibility index (Phi) is 5.30. The number of carbonyl (C=O) groups is 1. The number of amides is 1. The van der Waals surface area contributed by atoms with Crippen LogP contribution in [0.15, 0.2) is 24.3 Å². The number of hydrogen-bond acceptors (Lipinski definition) is 2. The van der Waals surface area contributed by atoms with Crippen LogP contribution >= 0.6 is 0 Å². The second-order valence-electron chi connectivity index (χ2n) is 3.38. The van der Waals surface area contributed by atoms with Crippen molar-refractivity contribution in [1.29, 1.82) is 0 Å². The molecule has 0 fully saturated rings. The van der Waals surface area contributed by atoms with Gasteiger partial charge in [0.1, 0.15) is 5.75 Å². The molecule has 1 aromatic rings. The van der Waals surface area contributed by atoms with Crippen LogP contribution in [0.4, 0.5) is 0 Å². The van der Waals surface area contributed by atoms with E-state index in [1.165, 1.54) is 5.56 Å². The van der Waals surface area contributed by atoms with Crippen LogP contribution in [-0.4, -0.2) is 20.1 Å². The molecule has 0 bridgehead atoms. The normalized spacial score (nSPS) is 9.67. The number of unbranched alkanes of at least 4 members (excludes halogenated alkanes) is 1. The van der Waals surface area contributed by atoms with Gasteiger partial charge in [-0.05, 0) is 37.0 Å². The first kappa shape index (κ1) is 11.6. The van der Waals surface area contributed by atoms with E-state index in [2.05, 4.69) is 17.4 Å². The van der Waals surface area contributed by atoms with E-state index >= 15 is 0 Å². The molecule has 0 aromatic heterocycles. The first-order valence-electron chi connectivity index (χ1n) is 5.17. The molecule has 0 heterocycles. The number of rotatable bonds is 7. The fourth-order valence-corrected chi connectivity index (χ4v) is 1.41. The quantitative estimate of drug-likeness (QED) is 0.546. The molecule has 1 N–H and O–H groups in total. The maximum atomic E-state index is 9.98. The van der Waals surface area contributed by atoms with Crippen molar-refractivity contribution in [1.82, 2.24) is 5.32 Å². The zero-order valence-corrected chi connectivity index (χ0v) is 9.03. The van der Waals surface area contributed by atoms with Gasteiger partial charge in [-0.15, -0.1) is 0 Å². The fraction of sp³-hybridized carbons (Fsp3) is 0.417. The number of nitrogens with one attached hydrogen (secondary N) is 1. The van der Waals surface area contributed by atoms with Crippen molar-refractivity contribution < 1.29 is 9.53 Å². The highest BCUT2D eigenvalue weighted by atomic mass is 16.5. The van der Waals surface area contributed by atoms with Gasteiger partial charge in [0.05, 0.1) is 7.11 Å². The highest BCUT2D eigenvalue weighted by Gasteiger charge is 1.94. The van der Waals surface area contributed by atoms with Gasteiger partial charge in [0.15, 0.2) is 0 Å². The van der Waals surface area contributed by atoms with Crippen LogP contribution in [-0.2, 0) is 11.2 Å². The molecule has 1 aromatic carbocycles. The van der Waals surface area contributed by atoms with Crippen molar-refractivity contribution >= 4 is 6.41 Å². The number of methoxy groups -OCH3 is 1. The second kappa shape index (κ2) is 6.87. The Morgan fingerprint density at radius 2 is 2.00 bits per heavy atom. The fourth-order valence-electron chi connectivity index (χ4n) is 1.41. The molecule has 0 unspecified atom stereocenters. The van der Waals surface area contributed by atoms with E-state index in [4.69, 9.17) is 4.74 Å². The molecule has 15 heavy (non-hydrogen) atoms. The molecular weight excluding hydrogens is 190 g/mol. The third-order valence-corrected chi connectivity index (χ3v) is 2.28. The Bertz CT molecular complexity index is 282. The summed E-state index contributed by atoms with van der Waals surface area (Å²) in [6, 6.07) is 8.09. The smallest absolute Gasteiger partial charge is 0.207 e. The summed E-state index contributed by atoms with van der Waals surface area (Å²) in [5.74, 6) is 0.890. The average Bonchev–Trinajstić information content (AvgIpc) is 2.30. The number of carbonyl (C=O) groups excluding carboxylic acids is 1. The molecular formula is C12H17NO2. The van der Waals surface area contributed by atoms with Gasteiger partial charge >= 0.3 is 0 Å². The lowest BCUT2D eigenvalue weighted by Gasteiger charge is -2.03. The van der Waals surface area contributed by atoms with E-state index in [-0.39, 0.29) is 0 Å². The summed E-state index contributed by atoms with van der Waals surface area (Å²) in [7, 11) is 1.67. The summed E-state index contributed by atoms with van der Waals surface area (Å²) >= 11 is 0. The summed E-state index contributed by atoms with van der Waals surface area (Å²) in [5.41, 5.74) is 1.31. The highest BCUT2D eigenvalue weighted by Crippen LogP contribution is 2.12. The average molecular weight is 207 g/mol. The molecule has 1 amide bonds. The van der Waals surface area contributed by atoms with E-state index in [0.29, 0.717) is 0 Å². The first-order chi connectivity index (χ1) is 7.36. The Morgan fingerprint density at radius 3 is 2.60 bits per heavy atom. The lowest BCUT2D eigenvalue weighted by atomic mass is 10.1. The van der Waals surface area contributed by atoms with Crippen molar-refractivity contribution in [2.24, 2.45) is 0 Å². The third-order valence-electron chi connectivity index (χ3n) is 2.28. The van der Waals surface area contributed by atoms with Crippen LogP contribution in [0.3, 0.4) is 0 Å². The molecule has 0 aliphatic heterocycles. The van der Waals surface area contributed by atoms with Gasteiger partial charge in [0.25, 0.3) is 0 Å². The minimum Gasteiger partial charge on any atom is -0.497 e. The van der Waals surface area contributed by atoms with Crippen molar-refractivity contribution in [2.45, 2.75) is 19.3 Å². The standard InChI is InChI=1S/C12H17NO2/c1-15-12-7-5-11(6-8-12)4-2-3-9-13-10-14/h5-8,10H,2-4,9H2,1H3,(H,13,14). The van der Waals surface area contributed by atoms with Crippen LogP contribution in [0.2, 0.25) is 0 Å². The third kappa shape index (κ3) is 4.49. The van der Waals surface area contributed by atoms with Crippen molar-refractivity contribution in [3.8, 4) is 5.75 Å². The molecule has 3 heteroatoms. The zero-order valence-electron chi connectivity index (χ0n) is 9.03. The lowest BCUT2D eigenvalue weighted by molar-refractivity contribution is -0.109. The van der Waals surface area contributed by atoms with Crippen LogP contribution in [0, 0.1) is 0 Å². The summed E-state index contributed by atoms with van der Waals surface area (Å²) in [6.07, 6.45) is 3.90. The molecule has 0 saturated heterocycles. The highest BCUT2D eigenvalue weighted by molar-refractivity contribution is 5.45. The van der Waals surface area contributed by atoms with Gasteiger partial charge in [-0.1, -0.05) is 12.1 Å². The van der Waals surface area contributed by atoms with Crippen LogP contribution in [0.5, 0.6) is 5.75 Å². The van der Waals surface area contributed by atoms with Gasteiger partial charge < -0.3 is 10.1 Å². The molecule has 3 nitrogen and oxygen atoms in total. The summed E-state index contributed by atoms with van der Waals surface area (Å²) in [5, 5.41) is 2.65. The van der Waals surface area contributed by atoms with Gasteiger partial charge in [-0.3, -0.25) is 4.79 Å².